The molecule has 190 valence electrons. The fourth-order valence-electron chi connectivity index (χ4n) is 4.70. The zero-order chi connectivity index (χ0) is 26.0. The summed E-state index contributed by atoms with van der Waals surface area (Å²) in [5.74, 6) is 3.54. The Morgan fingerprint density at radius 3 is 2.36 bits per heavy atom. The molecule has 2 aliphatic carbocycles. The van der Waals surface area contributed by atoms with E-state index >= 15 is 0 Å². The third-order valence-electron chi connectivity index (χ3n) is 7.14. The van der Waals surface area contributed by atoms with Crippen LogP contribution in [0.3, 0.4) is 0 Å². The lowest BCUT2D eigenvalue weighted by Crippen LogP contribution is -2.24. The zero-order valence-corrected chi connectivity index (χ0v) is 21.8. The summed E-state index contributed by atoms with van der Waals surface area (Å²) in [4.78, 5) is 24.7. The van der Waals surface area contributed by atoms with Crippen LogP contribution in [0, 0.1) is 36.5 Å². The summed E-state index contributed by atoms with van der Waals surface area (Å²) >= 11 is 0. The Hall–Kier alpha value is -3.32. The molecule has 0 amide bonds. The number of ketones is 1. The fourth-order valence-corrected chi connectivity index (χ4v) is 4.70. The van der Waals surface area contributed by atoms with Crippen LogP contribution in [0.4, 0.5) is 0 Å². The summed E-state index contributed by atoms with van der Waals surface area (Å²) in [7, 11) is 0. The molecule has 0 saturated heterocycles. The highest BCUT2D eigenvalue weighted by atomic mass is 16.5. The number of hydrogen-bond acceptors (Lipinski definition) is 4. The number of hydrogen-bond donors (Lipinski definition) is 0. The number of aryl methyl sites for hydroxylation is 1. The lowest BCUT2D eigenvalue weighted by atomic mass is 9.71. The van der Waals surface area contributed by atoms with E-state index in [9.17, 15) is 9.59 Å². The van der Waals surface area contributed by atoms with Gasteiger partial charge in [0.15, 0.2) is 5.78 Å². The van der Waals surface area contributed by atoms with E-state index < -0.39 is 0 Å². The highest BCUT2D eigenvalue weighted by molar-refractivity contribution is 6.09. The number of terminal acetylenes is 1. The van der Waals surface area contributed by atoms with Crippen molar-refractivity contribution in [1.29, 1.82) is 0 Å². The highest BCUT2D eigenvalue weighted by Crippen LogP contribution is 2.54. The Morgan fingerprint density at radius 1 is 1.08 bits per heavy atom. The Labute approximate surface area is 216 Å². The van der Waals surface area contributed by atoms with Gasteiger partial charge in [0.1, 0.15) is 0 Å². The zero-order valence-electron chi connectivity index (χ0n) is 21.8. The van der Waals surface area contributed by atoms with E-state index in [1.807, 2.05) is 38.1 Å². The smallest absolute Gasteiger partial charge is 0.308 e. The molecular weight excluding hydrogens is 448 g/mol. The predicted molar refractivity (Wildman–Crippen MR) is 145 cm³/mol. The van der Waals surface area contributed by atoms with E-state index in [2.05, 4.69) is 25.0 Å². The van der Waals surface area contributed by atoms with Crippen LogP contribution in [-0.2, 0) is 19.1 Å². The molecular formula is C32H38O4. The van der Waals surface area contributed by atoms with Crippen molar-refractivity contribution in [2.24, 2.45) is 17.3 Å². The summed E-state index contributed by atoms with van der Waals surface area (Å²) in [6.07, 6.45) is 22.2. The molecule has 0 bridgehead atoms. The molecule has 0 aromatic heterocycles. The van der Waals surface area contributed by atoms with E-state index in [0.29, 0.717) is 24.9 Å². The predicted octanol–water partition coefficient (Wildman–Crippen LogP) is 6.76. The Morgan fingerprint density at radius 2 is 1.78 bits per heavy atom. The molecule has 1 aromatic rings. The van der Waals surface area contributed by atoms with Gasteiger partial charge in [0.05, 0.1) is 30.5 Å². The van der Waals surface area contributed by atoms with Gasteiger partial charge in [-0.1, -0.05) is 60.9 Å². The molecule has 0 aliphatic heterocycles. The molecule has 0 radical (unpaired) electrons. The minimum absolute atomic E-state index is 0.0277. The molecule has 4 nitrogen and oxygen atoms in total. The number of carbonyl (C=O) groups excluding carboxylic acids is 2. The number of esters is 1. The van der Waals surface area contributed by atoms with E-state index in [1.165, 1.54) is 11.6 Å². The van der Waals surface area contributed by atoms with Gasteiger partial charge in [-0.3, -0.25) is 9.59 Å². The lowest BCUT2D eigenvalue weighted by Gasteiger charge is -2.33. The third kappa shape index (κ3) is 7.85. The van der Waals surface area contributed by atoms with Crippen LogP contribution >= 0.6 is 0 Å². The second kappa shape index (κ2) is 13.1. The van der Waals surface area contributed by atoms with E-state index in [-0.39, 0.29) is 28.7 Å². The molecule has 36 heavy (non-hydrogen) atoms. The van der Waals surface area contributed by atoms with Crippen molar-refractivity contribution in [2.45, 2.75) is 59.3 Å². The molecule has 0 N–H and O–H groups in total. The summed E-state index contributed by atoms with van der Waals surface area (Å²) in [6.45, 7) is 7.19. The molecule has 2 aliphatic rings. The van der Waals surface area contributed by atoms with Crippen LogP contribution in [0.2, 0.25) is 0 Å². The van der Waals surface area contributed by atoms with Gasteiger partial charge in [-0.2, -0.15) is 0 Å². The largest absolute Gasteiger partial charge is 0.498 e. The number of rotatable bonds is 13. The molecule has 1 aromatic carbocycles. The summed E-state index contributed by atoms with van der Waals surface area (Å²) < 4.78 is 11.2. The molecule has 0 heterocycles. The average molecular weight is 487 g/mol. The molecule has 3 rings (SSSR count). The van der Waals surface area contributed by atoms with Crippen molar-refractivity contribution >= 4 is 17.8 Å². The molecule has 3 unspecified atom stereocenters. The summed E-state index contributed by atoms with van der Waals surface area (Å²) in [5.41, 5.74) is 2.63. The summed E-state index contributed by atoms with van der Waals surface area (Å²) in [5, 5.41) is 0. The number of benzene rings is 1. The standard InChI is InChI=1S/C32H38O4/c1-5-27(30(33)17-15-26-13-10-24(2)11-14-26)16-12-25(3)35-20-8-6-7-9-21-36-31(34)28-22-29-18-19-32(29,4)23-28/h1,10-19,28-29H,6-9,20-23H2,2-4H3/b17-15+,25-12+,27-16+. The van der Waals surface area contributed by atoms with Crippen molar-refractivity contribution in [3.8, 4) is 12.3 Å². The second-order valence-electron chi connectivity index (χ2n) is 10.1. The Balaban J connectivity index is 1.27. The van der Waals surface area contributed by atoms with Gasteiger partial charge >= 0.3 is 5.97 Å². The Bertz CT molecular complexity index is 1080. The number of unbranched alkanes of at least 4 members (excludes halogenated alkanes) is 3. The van der Waals surface area contributed by atoms with Gasteiger partial charge in [0.2, 0.25) is 0 Å². The number of allylic oxidation sites excluding steroid dienone is 7. The van der Waals surface area contributed by atoms with Crippen LogP contribution in [0.25, 0.3) is 6.08 Å². The van der Waals surface area contributed by atoms with Crippen molar-refractivity contribution in [3.05, 3.63) is 77.1 Å². The van der Waals surface area contributed by atoms with Crippen LogP contribution in [0.15, 0.2) is 66.0 Å². The first-order chi connectivity index (χ1) is 17.3. The van der Waals surface area contributed by atoms with Gasteiger partial charge < -0.3 is 9.47 Å². The first-order valence-corrected chi connectivity index (χ1v) is 12.9. The highest BCUT2D eigenvalue weighted by Gasteiger charge is 2.48. The van der Waals surface area contributed by atoms with Gasteiger partial charge in [-0.05, 0) is 87.5 Å². The van der Waals surface area contributed by atoms with Crippen molar-refractivity contribution in [1.82, 2.24) is 0 Å². The average Bonchev–Trinajstić information content (AvgIpc) is 3.09. The van der Waals surface area contributed by atoms with Crippen LogP contribution in [0.5, 0.6) is 0 Å². The van der Waals surface area contributed by atoms with Crippen LogP contribution in [-0.4, -0.2) is 25.0 Å². The minimum atomic E-state index is -0.214. The third-order valence-corrected chi connectivity index (χ3v) is 7.14. The van der Waals surface area contributed by atoms with E-state index in [4.69, 9.17) is 15.9 Å². The first kappa shape index (κ1) is 27.3. The maximum Gasteiger partial charge on any atom is 0.308 e. The van der Waals surface area contributed by atoms with Crippen molar-refractivity contribution in [2.75, 3.05) is 13.2 Å². The van der Waals surface area contributed by atoms with Crippen molar-refractivity contribution < 1.29 is 19.1 Å². The number of carbonyl (C=O) groups is 2. The SMILES string of the molecule is C#C/C(=C\C=C(/C)OCCCCCCOC(=O)C1CC2C=CC2(C)C1)C(=O)/C=C/c1ccc(C)cc1. The van der Waals surface area contributed by atoms with Gasteiger partial charge in [-0.15, -0.1) is 6.42 Å². The maximum absolute atomic E-state index is 12.4. The topological polar surface area (TPSA) is 52.6 Å². The summed E-state index contributed by atoms with van der Waals surface area (Å²) in [6, 6.07) is 7.91. The number of ether oxygens (including phenoxy) is 2. The minimum Gasteiger partial charge on any atom is -0.498 e. The van der Waals surface area contributed by atoms with Crippen molar-refractivity contribution in [3.63, 3.8) is 0 Å². The maximum atomic E-state index is 12.4. The molecule has 1 saturated carbocycles. The quantitative estimate of drug-likeness (QED) is 0.0588. The Kier molecular flexibility index (Phi) is 9.94. The monoisotopic (exact) mass is 486 g/mol. The molecule has 3 atom stereocenters. The fraction of sp³-hybridized carbons (Fsp3) is 0.438. The van der Waals surface area contributed by atoms with E-state index in [1.54, 1.807) is 18.2 Å². The van der Waals surface area contributed by atoms with Gasteiger partial charge in [-0.25, -0.2) is 0 Å². The van der Waals surface area contributed by atoms with Gasteiger partial charge in [0.25, 0.3) is 0 Å². The molecule has 1 fully saturated rings. The normalized spacial score (nSPS) is 23.2. The molecule has 0 spiro atoms. The number of fused-ring (bicyclic) bond motifs is 1. The second-order valence-corrected chi connectivity index (χ2v) is 10.1. The lowest BCUT2D eigenvalue weighted by molar-refractivity contribution is -0.148. The molecule has 4 heteroatoms. The van der Waals surface area contributed by atoms with Crippen LogP contribution < -0.4 is 0 Å². The first-order valence-electron chi connectivity index (χ1n) is 12.9. The van der Waals surface area contributed by atoms with E-state index in [0.717, 1.165) is 44.1 Å². The van der Waals surface area contributed by atoms with Crippen LogP contribution in [0.1, 0.15) is 63.5 Å². The van der Waals surface area contributed by atoms with Gasteiger partial charge in [0, 0.05) is 0 Å².